The molecule has 2 aromatic rings. The second kappa shape index (κ2) is 7.29. The number of H-pyrrole nitrogens is 1. The number of amides is 1. The number of halogens is 3. The van der Waals surface area contributed by atoms with Crippen molar-refractivity contribution in [2.45, 2.75) is 32.0 Å². The molecule has 1 unspecified atom stereocenters. The van der Waals surface area contributed by atoms with Crippen LogP contribution in [0.4, 0.5) is 13.2 Å². The standard InChI is InChI=1S/C16H16F3N3O2/c1-2-4-12(10-5-3-6-11(9-10)16(17,18)19)20-15(24)13-7-8-14(23)22-21-13/h3,5-9,12H,2,4H2,1H3,(H,20,24)(H,22,23). The molecule has 1 aromatic heterocycles. The Morgan fingerprint density at radius 1 is 1.29 bits per heavy atom. The van der Waals surface area contributed by atoms with Gasteiger partial charge in [0.05, 0.1) is 11.6 Å². The van der Waals surface area contributed by atoms with Crippen LogP contribution in [-0.2, 0) is 6.18 Å². The number of nitrogens with one attached hydrogen (secondary N) is 2. The molecule has 1 aromatic carbocycles. The largest absolute Gasteiger partial charge is 0.416 e. The number of carbonyl (C=O) groups is 1. The smallest absolute Gasteiger partial charge is 0.344 e. The summed E-state index contributed by atoms with van der Waals surface area (Å²) in [7, 11) is 0. The van der Waals surface area contributed by atoms with E-state index >= 15 is 0 Å². The van der Waals surface area contributed by atoms with Crippen LogP contribution in [0, 0.1) is 0 Å². The Bertz CT molecular complexity index is 751. The Labute approximate surface area is 135 Å². The van der Waals surface area contributed by atoms with Gasteiger partial charge in [-0.2, -0.15) is 18.3 Å². The van der Waals surface area contributed by atoms with Crippen LogP contribution in [0.5, 0.6) is 0 Å². The number of hydrogen-bond acceptors (Lipinski definition) is 3. The van der Waals surface area contributed by atoms with Gasteiger partial charge in [-0.05, 0) is 30.2 Å². The third-order valence-electron chi connectivity index (χ3n) is 3.41. The highest BCUT2D eigenvalue weighted by molar-refractivity contribution is 5.92. The molecule has 1 amide bonds. The normalized spacial score (nSPS) is 12.7. The maximum absolute atomic E-state index is 12.9. The van der Waals surface area contributed by atoms with E-state index in [4.69, 9.17) is 0 Å². The van der Waals surface area contributed by atoms with Crippen molar-refractivity contribution in [3.63, 3.8) is 0 Å². The molecule has 1 atom stereocenters. The van der Waals surface area contributed by atoms with Gasteiger partial charge in [-0.25, -0.2) is 5.10 Å². The number of aromatic nitrogens is 2. The van der Waals surface area contributed by atoms with Crippen LogP contribution in [0.2, 0.25) is 0 Å². The van der Waals surface area contributed by atoms with Gasteiger partial charge in [0.15, 0.2) is 0 Å². The first-order valence-electron chi connectivity index (χ1n) is 7.35. The summed E-state index contributed by atoms with van der Waals surface area (Å²) in [6.45, 7) is 1.87. The highest BCUT2D eigenvalue weighted by atomic mass is 19.4. The third-order valence-corrected chi connectivity index (χ3v) is 3.41. The monoisotopic (exact) mass is 339 g/mol. The zero-order valence-corrected chi connectivity index (χ0v) is 12.9. The first kappa shape index (κ1) is 17.7. The molecule has 1 heterocycles. The van der Waals surface area contributed by atoms with E-state index in [9.17, 15) is 22.8 Å². The van der Waals surface area contributed by atoms with Crippen LogP contribution in [0.3, 0.4) is 0 Å². The van der Waals surface area contributed by atoms with E-state index < -0.39 is 29.2 Å². The predicted octanol–water partition coefficient (Wildman–Crippen LogP) is 3.06. The fourth-order valence-corrected chi connectivity index (χ4v) is 2.25. The summed E-state index contributed by atoms with van der Waals surface area (Å²) in [5.74, 6) is -0.567. The number of carbonyl (C=O) groups excluding carboxylic acids is 1. The fraction of sp³-hybridized carbons (Fsp3) is 0.312. The molecule has 0 saturated carbocycles. The van der Waals surface area contributed by atoms with E-state index in [1.807, 2.05) is 6.92 Å². The molecular weight excluding hydrogens is 323 g/mol. The van der Waals surface area contributed by atoms with E-state index in [0.717, 1.165) is 18.2 Å². The molecule has 0 radical (unpaired) electrons. The van der Waals surface area contributed by atoms with Gasteiger partial charge in [0.2, 0.25) is 0 Å². The summed E-state index contributed by atoms with van der Waals surface area (Å²) < 4.78 is 38.6. The molecule has 0 spiro atoms. The van der Waals surface area contributed by atoms with Crippen LogP contribution < -0.4 is 10.9 Å². The highest BCUT2D eigenvalue weighted by Gasteiger charge is 2.31. The number of benzene rings is 1. The fourth-order valence-electron chi connectivity index (χ4n) is 2.25. The molecule has 128 valence electrons. The van der Waals surface area contributed by atoms with Crippen LogP contribution in [0.1, 0.15) is 47.4 Å². The summed E-state index contributed by atoms with van der Waals surface area (Å²) in [5.41, 5.74) is -0.862. The van der Waals surface area contributed by atoms with Crippen molar-refractivity contribution in [1.82, 2.24) is 15.5 Å². The van der Waals surface area contributed by atoms with Gasteiger partial charge in [0, 0.05) is 6.07 Å². The first-order chi connectivity index (χ1) is 11.3. The highest BCUT2D eigenvalue weighted by Crippen LogP contribution is 2.31. The molecule has 0 saturated heterocycles. The second-order valence-corrected chi connectivity index (χ2v) is 5.24. The van der Waals surface area contributed by atoms with Gasteiger partial charge in [0.1, 0.15) is 5.69 Å². The number of rotatable bonds is 5. The van der Waals surface area contributed by atoms with Crippen molar-refractivity contribution >= 4 is 5.91 Å². The molecule has 5 nitrogen and oxygen atoms in total. The SMILES string of the molecule is CCCC(NC(=O)c1ccc(=O)[nH]n1)c1cccc(C(F)(F)F)c1. The molecule has 0 aliphatic rings. The molecule has 0 bridgehead atoms. The molecule has 0 fully saturated rings. The lowest BCUT2D eigenvalue weighted by Gasteiger charge is -2.19. The van der Waals surface area contributed by atoms with E-state index in [0.29, 0.717) is 18.4 Å². The minimum Gasteiger partial charge on any atom is -0.344 e. The van der Waals surface area contributed by atoms with Gasteiger partial charge in [0.25, 0.3) is 11.5 Å². The average Bonchev–Trinajstić information content (AvgIpc) is 2.54. The maximum atomic E-state index is 12.9. The van der Waals surface area contributed by atoms with Gasteiger partial charge < -0.3 is 5.32 Å². The zero-order valence-electron chi connectivity index (χ0n) is 12.9. The predicted molar refractivity (Wildman–Crippen MR) is 81.4 cm³/mol. The number of alkyl halides is 3. The summed E-state index contributed by atoms with van der Waals surface area (Å²) in [5, 5.41) is 8.41. The van der Waals surface area contributed by atoms with E-state index in [1.54, 1.807) is 0 Å². The van der Waals surface area contributed by atoms with Gasteiger partial charge in [-0.1, -0.05) is 25.5 Å². The van der Waals surface area contributed by atoms with Crippen molar-refractivity contribution in [3.05, 3.63) is 63.6 Å². The second-order valence-electron chi connectivity index (χ2n) is 5.24. The van der Waals surface area contributed by atoms with Crippen LogP contribution >= 0.6 is 0 Å². The quantitative estimate of drug-likeness (QED) is 0.879. The lowest BCUT2D eigenvalue weighted by molar-refractivity contribution is -0.137. The van der Waals surface area contributed by atoms with Crippen LogP contribution in [-0.4, -0.2) is 16.1 Å². The van der Waals surface area contributed by atoms with Crippen molar-refractivity contribution in [3.8, 4) is 0 Å². The third kappa shape index (κ3) is 4.43. The van der Waals surface area contributed by atoms with E-state index in [1.165, 1.54) is 18.2 Å². The Balaban J connectivity index is 2.24. The molecule has 0 aliphatic heterocycles. The van der Waals surface area contributed by atoms with E-state index in [-0.39, 0.29) is 5.69 Å². The molecule has 2 N–H and O–H groups in total. The van der Waals surface area contributed by atoms with Crippen LogP contribution in [0.25, 0.3) is 0 Å². The number of hydrogen-bond donors (Lipinski definition) is 2. The summed E-state index contributed by atoms with van der Waals surface area (Å²) in [6, 6.07) is 6.68. The van der Waals surface area contributed by atoms with Gasteiger partial charge >= 0.3 is 6.18 Å². The van der Waals surface area contributed by atoms with Gasteiger partial charge in [-0.15, -0.1) is 0 Å². The lowest BCUT2D eigenvalue weighted by atomic mass is 9.99. The summed E-state index contributed by atoms with van der Waals surface area (Å²) >= 11 is 0. The topological polar surface area (TPSA) is 74.8 Å². The molecule has 24 heavy (non-hydrogen) atoms. The van der Waals surface area contributed by atoms with Crippen molar-refractivity contribution < 1.29 is 18.0 Å². The Kier molecular flexibility index (Phi) is 5.38. The summed E-state index contributed by atoms with van der Waals surface area (Å²) in [4.78, 5) is 23.1. The molecular formula is C16H16F3N3O2. The molecule has 2 rings (SSSR count). The Hall–Kier alpha value is -2.64. The first-order valence-corrected chi connectivity index (χ1v) is 7.35. The van der Waals surface area contributed by atoms with Crippen molar-refractivity contribution in [2.75, 3.05) is 0 Å². The Morgan fingerprint density at radius 2 is 2.04 bits per heavy atom. The Morgan fingerprint density at radius 3 is 2.62 bits per heavy atom. The lowest BCUT2D eigenvalue weighted by Crippen LogP contribution is -2.30. The van der Waals surface area contributed by atoms with Crippen molar-refractivity contribution in [1.29, 1.82) is 0 Å². The number of nitrogens with zero attached hydrogens (tertiary/aromatic N) is 1. The minimum absolute atomic E-state index is 0.0114. The van der Waals surface area contributed by atoms with Crippen LogP contribution in [0.15, 0.2) is 41.2 Å². The average molecular weight is 339 g/mol. The summed E-state index contributed by atoms with van der Waals surface area (Å²) in [6.07, 6.45) is -3.31. The minimum atomic E-state index is -4.45. The van der Waals surface area contributed by atoms with E-state index in [2.05, 4.69) is 15.5 Å². The van der Waals surface area contributed by atoms with Crippen molar-refractivity contribution in [2.24, 2.45) is 0 Å². The number of aromatic amines is 1. The van der Waals surface area contributed by atoms with Gasteiger partial charge in [-0.3, -0.25) is 9.59 Å². The maximum Gasteiger partial charge on any atom is 0.416 e. The molecule has 0 aliphatic carbocycles. The zero-order chi connectivity index (χ0) is 17.7. The molecule has 8 heteroatoms.